The number of anilines is 2. The molecular weight excluding hydrogens is 472 g/mol. The lowest BCUT2D eigenvalue weighted by Gasteiger charge is -2.39. The van der Waals surface area contributed by atoms with Crippen LogP contribution in [0.4, 0.5) is 16.2 Å². The smallest absolute Gasteiger partial charge is 0.346 e. The number of ether oxygens (including phenoxy) is 3. The summed E-state index contributed by atoms with van der Waals surface area (Å²) >= 11 is 0. The van der Waals surface area contributed by atoms with E-state index < -0.39 is 0 Å². The van der Waals surface area contributed by atoms with Crippen LogP contribution in [0.15, 0.2) is 60.7 Å². The van der Waals surface area contributed by atoms with Crippen molar-refractivity contribution >= 4 is 28.4 Å². The van der Waals surface area contributed by atoms with Crippen LogP contribution in [-0.4, -0.2) is 59.0 Å². The van der Waals surface area contributed by atoms with Gasteiger partial charge in [-0.15, -0.1) is 5.10 Å². The number of likely N-dealkylation sites (tertiary alicyclic amines) is 1. The van der Waals surface area contributed by atoms with Gasteiger partial charge in [-0.1, -0.05) is 5.21 Å². The molecule has 1 saturated heterocycles. The van der Waals surface area contributed by atoms with E-state index >= 15 is 0 Å². The second-order valence-electron chi connectivity index (χ2n) is 8.92. The molecule has 0 bridgehead atoms. The van der Waals surface area contributed by atoms with Crippen LogP contribution in [0.3, 0.4) is 0 Å². The number of nitrogens with zero attached hydrogens (tertiary/aromatic N) is 6. The maximum absolute atomic E-state index is 13.3. The monoisotopic (exact) mass is 496 g/mol. The van der Waals surface area contributed by atoms with Crippen molar-refractivity contribution in [1.29, 1.82) is 5.26 Å². The van der Waals surface area contributed by atoms with Gasteiger partial charge in [0, 0.05) is 36.6 Å². The molecule has 3 aromatic carbocycles. The van der Waals surface area contributed by atoms with Gasteiger partial charge in [0.15, 0.2) is 11.5 Å². The molecule has 2 aliphatic rings. The van der Waals surface area contributed by atoms with Gasteiger partial charge < -0.3 is 24.0 Å². The number of hydrogen-bond acceptors (Lipinski definition) is 8. The SMILES string of the molecule is COc1ccc(N(c2ccc3c(c2)OCO3)C2CCN(C(=O)n3nnc4ccc(C#N)cc43)CC2)cc1. The van der Waals surface area contributed by atoms with Crippen LogP contribution in [-0.2, 0) is 0 Å². The highest BCUT2D eigenvalue weighted by molar-refractivity contribution is 5.88. The highest BCUT2D eigenvalue weighted by Gasteiger charge is 2.30. The van der Waals surface area contributed by atoms with Crippen LogP contribution in [0.25, 0.3) is 11.0 Å². The largest absolute Gasteiger partial charge is 0.497 e. The summed E-state index contributed by atoms with van der Waals surface area (Å²) in [6, 6.07) is 20.9. The molecule has 2 aliphatic heterocycles. The third kappa shape index (κ3) is 4.14. The van der Waals surface area contributed by atoms with Crippen LogP contribution < -0.4 is 19.1 Å². The average Bonchev–Trinajstić information content (AvgIpc) is 3.60. The molecule has 186 valence electrons. The zero-order valence-electron chi connectivity index (χ0n) is 20.2. The third-order valence-electron chi connectivity index (χ3n) is 6.84. The molecule has 10 heteroatoms. The van der Waals surface area contributed by atoms with Gasteiger partial charge in [0.1, 0.15) is 16.8 Å². The van der Waals surface area contributed by atoms with Gasteiger partial charge >= 0.3 is 6.03 Å². The average molecular weight is 497 g/mol. The van der Waals surface area contributed by atoms with Gasteiger partial charge in [-0.25, -0.2) is 4.79 Å². The number of benzene rings is 3. The number of nitriles is 1. The van der Waals surface area contributed by atoms with Crippen LogP contribution in [0.2, 0.25) is 0 Å². The quantitative estimate of drug-likeness (QED) is 0.412. The van der Waals surface area contributed by atoms with E-state index in [1.54, 1.807) is 30.2 Å². The van der Waals surface area contributed by atoms with Crippen molar-refractivity contribution < 1.29 is 19.0 Å². The maximum Gasteiger partial charge on any atom is 0.346 e. The Morgan fingerprint density at radius 2 is 1.78 bits per heavy atom. The number of methoxy groups -OCH3 is 1. The number of hydrogen-bond donors (Lipinski definition) is 0. The van der Waals surface area contributed by atoms with Crippen molar-refractivity contribution in [3.8, 4) is 23.3 Å². The molecule has 0 aliphatic carbocycles. The number of rotatable bonds is 4. The molecule has 4 aromatic rings. The van der Waals surface area contributed by atoms with Crippen molar-refractivity contribution in [1.82, 2.24) is 19.9 Å². The summed E-state index contributed by atoms with van der Waals surface area (Å²) in [4.78, 5) is 17.4. The lowest BCUT2D eigenvalue weighted by Crippen LogP contribution is -2.47. The van der Waals surface area contributed by atoms with E-state index in [4.69, 9.17) is 14.2 Å². The molecule has 0 N–H and O–H groups in total. The Morgan fingerprint density at radius 3 is 2.54 bits per heavy atom. The van der Waals surface area contributed by atoms with Crippen molar-refractivity contribution in [3.05, 3.63) is 66.2 Å². The molecule has 1 fully saturated rings. The predicted molar refractivity (Wildman–Crippen MR) is 135 cm³/mol. The standard InChI is InChI=1S/C27H24N6O4/c1-35-22-6-3-19(4-7-22)32(21-5-9-25-26(15-21)37-17-36-25)20-10-12-31(13-11-20)27(34)33-24-14-18(16-28)2-8-23(24)29-30-33/h2-9,14-15,20H,10-13,17H2,1H3. The van der Waals surface area contributed by atoms with E-state index in [1.165, 1.54) is 4.68 Å². The molecule has 0 unspecified atom stereocenters. The molecule has 1 amide bonds. The summed E-state index contributed by atoms with van der Waals surface area (Å²) < 4.78 is 17.8. The number of piperidine rings is 1. The second-order valence-corrected chi connectivity index (χ2v) is 8.92. The Balaban J connectivity index is 1.25. The number of carbonyl (C=O) groups is 1. The molecule has 0 spiro atoms. The van der Waals surface area contributed by atoms with Crippen molar-refractivity contribution in [2.45, 2.75) is 18.9 Å². The molecule has 0 saturated carbocycles. The zero-order chi connectivity index (χ0) is 25.4. The summed E-state index contributed by atoms with van der Waals surface area (Å²) in [5, 5.41) is 17.4. The Kier molecular flexibility index (Phi) is 5.73. The van der Waals surface area contributed by atoms with Crippen molar-refractivity contribution in [2.75, 3.05) is 31.9 Å². The van der Waals surface area contributed by atoms with Gasteiger partial charge in [-0.3, -0.25) is 0 Å². The number of carbonyl (C=O) groups excluding carboxylic acids is 1. The first-order valence-electron chi connectivity index (χ1n) is 12.0. The fourth-order valence-corrected chi connectivity index (χ4v) is 4.93. The van der Waals surface area contributed by atoms with E-state index in [9.17, 15) is 10.1 Å². The molecule has 6 rings (SSSR count). The molecule has 1 aromatic heterocycles. The molecule has 0 radical (unpaired) electrons. The second kappa shape index (κ2) is 9.35. The maximum atomic E-state index is 13.3. The summed E-state index contributed by atoms with van der Waals surface area (Å²) in [6.45, 7) is 1.33. The minimum Gasteiger partial charge on any atom is -0.497 e. The van der Waals surface area contributed by atoms with E-state index in [0.29, 0.717) is 29.7 Å². The van der Waals surface area contributed by atoms with Gasteiger partial charge in [0.2, 0.25) is 6.79 Å². The van der Waals surface area contributed by atoms with Gasteiger partial charge in [-0.05, 0) is 67.4 Å². The topological polar surface area (TPSA) is 106 Å². The fourth-order valence-electron chi connectivity index (χ4n) is 4.93. The highest BCUT2D eigenvalue weighted by Crippen LogP contribution is 2.40. The van der Waals surface area contributed by atoms with Crippen LogP contribution in [0.5, 0.6) is 17.2 Å². The van der Waals surface area contributed by atoms with Gasteiger partial charge in [0.25, 0.3) is 0 Å². The van der Waals surface area contributed by atoms with Crippen molar-refractivity contribution in [2.24, 2.45) is 0 Å². The fraction of sp³-hybridized carbons (Fsp3) is 0.259. The highest BCUT2D eigenvalue weighted by atomic mass is 16.7. The molecule has 10 nitrogen and oxygen atoms in total. The Labute approximate surface area is 213 Å². The minimum atomic E-state index is -0.241. The molecule has 0 atom stereocenters. The molecular formula is C27H24N6O4. The lowest BCUT2D eigenvalue weighted by atomic mass is 10.0. The first-order chi connectivity index (χ1) is 18.1. The van der Waals surface area contributed by atoms with Crippen LogP contribution >= 0.6 is 0 Å². The van der Waals surface area contributed by atoms with E-state index in [1.807, 2.05) is 42.5 Å². The number of aromatic nitrogens is 3. The normalized spacial score (nSPS) is 15.0. The number of amides is 1. The molecule has 3 heterocycles. The predicted octanol–water partition coefficient (Wildman–Crippen LogP) is 4.31. The van der Waals surface area contributed by atoms with E-state index in [2.05, 4.69) is 21.3 Å². The Bertz CT molecular complexity index is 1500. The van der Waals surface area contributed by atoms with E-state index in [-0.39, 0.29) is 18.9 Å². The zero-order valence-corrected chi connectivity index (χ0v) is 20.2. The number of fused-ring (bicyclic) bond motifs is 2. The van der Waals surface area contributed by atoms with E-state index in [0.717, 1.165) is 41.5 Å². The van der Waals surface area contributed by atoms with Gasteiger partial charge in [-0.2, -0.15) is 9.94 Å². The third-order valence-corrected chi connectivity index (χ3v) is 6.84. The Morgan fingerprint density at radius 1 is 1.03 bits per heavy atom. The summed E-state index contributed by atoms with van der Waals surface area (Å²) in [6.07, 6.45) is 1.50. The van der Waals surface area contributed by atoms with Crippen molar-refractivity contribution in [3.63, 3.8) is 0 Å². The first-order valence-corrected chi connectivity index (χ1v) is 12.0. The minimum absolute atomic E-state index is 0.149. The van der Waals surface area contributed by atoms with Gasteiger partial charge in [0.05, 0.1) is 18.7 Å². The van der Waals surface area contributed by atoms with Crippen LogP contribution in [0, 0.1) is 11.3 Å². The van der Waals surface area contributed by atoms with Crippen LogP contribution in [0.1, 0.15) is 18.4 Å². The first kappa shape index (κ1) is 22.7. The Hall–Kier alpha value is -4.78. The lowest BCUT2D eigenvalue weighted by molar-refractivity contribution is 0.174. The molecule has 37 heavy (non-hydrogen) atoms. The summed E-state index contributed by atoms with van der Waals surface area (Å²) in [7, 11) is 1.65. The summed E-state index contributed by atoms with van der Waals surface area (Å²) in [5.41, 5.74) is 3.59. The summed E-state index contributed by atoms with van der Waals surface area (Å²) in [5.74, 6) is 2.24.